The number of nitrogens with zero attached hydrogens (tertiary/aromatic N) is 2. The van der Waals surface area contributed by atoms with Crippen LogP contribution in [0, 0.1) is 5.82 Å². The fraction of sp³-hybridized carbons (Fsp3) is 0.167. The summed E-state index contributed by atoms with van der Waals surface area (Å²) in [6.07, 6.45) is 0.581. The maximum atomic E-state index is 13.0. The van der Waals surface area contributed by atoms with Gasteiger partial charge in [0.2, 0.25) is 5.82 Å². The van der Waals surface area contributed by atoms with Crippen molar-refractivity contribution < 1.29 is 19.1 Å². The Morgan fingerprint density at radius 3 is 2.80 bits per heavy atom. The highest BCUT2D eigenvalue weighted by molar-refractivity contribution is 6.05. The van der Waals surface area contributed by atoms with E-state index < -0.39 is 17.7 Å². The number of aryl methyl sites for hydroxylation is 1. The fourth-order valence-corrected chi connectivity index (χ4v) is 1.54. The van der Waals surface area contributed by atoms with Crippen molar-refractivity contribution in [1.82, 2.24) is 15.2 Å². The topological polar surface area (TPSA) is 108 Å². The van der Waals surface area contributed by atoms with Crippen LogP contribution in [-0.2, 0) is 6.42 Å². The van der Waals surface area contributed by atoms with Gasteiger partial charge in [-0.25, -0.2) is 14.2 Å². The van der Waals surface area contributed by atoms with Crippen molar-refractivity contribution in [2.75, 3.05) is 5.32 Å². The highest BCUT2D eigenvalue weighted by Gasteiger charge is 2.17. The summed E-state index contributed by atoms with van der Waals surface area (Å²) in [7, 11) is 0. The summed E-state index contributed by atoms with van der Waals surface area (Å²) in [5, 5.41) is 17.6. The SMILES string of the molecule is CCc1nc(C(=O)Nc2ccc(F)cc2C(=O)O)n[nH]1. The van der Waals surface area contributed by atoms with Gasteiger partial charge in [-0.2, -0.15) is 0 Å². The van der Waals surface area contributed by atoms with Crippen molar-refractivity contribution in [2.45, 2.75) is 13.3 Å². The average molecular weight is 278 g/mol. The number of hydrogen-bond donors (Lipinski definition) is 3. The van der Waals surface area contributed by atoms with Crippen LogP contribution in [0.4, 0.5) is 10.1 Å². The van der Waals surface area contributed by atoms with Crippen molar-refractivity contribution in [3.05, 3.63) is 41.2 Å². The van der Waals surface area contributed by atoms with Gasteiger partial charge in [-0.3, -0.25) is 9.89 Å². The minimum atomic E-state index is -1.34. The zero-order chi connectivity index (χ0) is 14.7. The predicted octanol–water partition coefficient (Wildman–Crippen LogP) is 1.46. The van der Waals surface area contributed by atoms with E-state index in [1.807, 2.05) is 6.92 Å². The van der Waals surface area contributed by atoms with Crippen LogP contribution in [-0.4, -0.2) is 32.2 Å². The highest BCUT2D eigenvalue weighted by Crippen LogP contribution is 2.17. The predicted molar refractivity (Wildman–Crippen MR) is 67.1 cm³/mol. The number of carbonyl (C=O) groups is 2. The molecule has 0 saturated carbocycles. The van der Waals surface area contributed by atoms with Crippen molar-refractivity contribution in [2.24, 2.45) is 0 Å². The summed E-state index contributed by atoms with van der Waals surface area (Å²) in [4.78, 5) is 26.8. The zero-order valence-electron chi connectivity index (χ0n) is 10.5. The molecule has 2 aromatic rings. The Morgan fingerprint density at radius 1 is 1.45 bits per heavy atom. The zero-order valence-corrected chi connectivity index (χ0v) is 10.5. The van der Waals surface area contributed by atoms with E-state index in [0.717, 1.165) is 12.1 Å². The molecule has 0 aliphatic heterocycles. The lowest BCUT2D eigenvalue weighted by molar-refractivity contribution is 0.0697. The maximum absolute atomic E-state index is 13.0. The van der Waals surface area contributed by atoms with Gasteiger partial charge in [0.25, 0.3) is 5.91 Å². The second kappa shape index (κ2) is 5.47. The molecule has 1 aromatic heterocycles. The normalized spacial score (nSPS) is 10.3. The molecule has 0 bridgehead atoms. The van der Waals surface area contributed by atoms with Crippen LogP contribution in [0.3, 0.4) is 0 Å². The number of H-pyrrole nitrogens is 1. The van der Waals surface area contributed by atoms with E-state index in [1.165, 1.54) is 6.07 Å². The number of aromatic nitrogens is 3. The molecule has 0 radical (unpaired) electrons. The summed E-state index contributed by atoms with van der Waals surface area (Å²) in [6.45, 7) is 1.84. The second-order valence-corrected chi connectivity index (χ2v) is 3.91. The molecular formula is C12H11FN4O3. The number of amides is 1. The maximum Gasteiger partial charge on any atom is 0.337 e. The Hall–Kier alpha value is -2.77. The van der Waals surface area contributed by atoms with Gasteiger partial charge in [-0.15, -0.1) is 5.10 Å². The number of nitrogens with one attached hydrogen (secondary N) is 2. The number of anilines is 1. The molecule has 0 fully saturated rings. The van der Waals surface area contributed by atoms with Crippen molar-refractivity contribution in [1.29, 1.82) is 0 Å². The van der Waals surface area contributed by atoms with Crippen LogP contribution in [0.1, 0.15) is 33.7 Å². The highest BCUT2D eigenvalue weighted by atomic mass is 19.1. The first kappa shape index (κ1) is 13.7. The van der Waals surface area contributed by atoms with Crippen LogP contribution in [0.2, 0.25) is 0 Å². The number of carbonyl (C=O) groups excluding carboxylic acids is 1. The molecule has 0 atom stereocenters. The van der Waals surface area contributed by atoms with Crippen molar-refractivity contribution in [3.63, 3.8) is 0 Å². The smallest absolute Gasteiger partial charge is 0.337 e. The Labute approximate surface area is 112 Å². The van der Waals surface area contributed by atoms with E-state index >= 15 is 0 Å². The number of carboxylic acid groups (broad SMARTS) is 1. The van der Waals surface area contributed by atoms with E-state index in [0.29, 0.717) is 12.2 Å². The standard InChI is InChI=1S/C12H11FN4O3/c1-2-9-15-10(17-16-9)11(18)14-8-4-3-6(13)5-7(8)12(19)20/h3-5H,2H2,1H3,(H,14,18)(H,19,20)(H,15,16,17). The molecule has 0 spiro atoms. The fourth-order valence-electron chi connectivity index (χ4n) is 1.54. The van der Waals surface area contributed by atoms with E-state index in [9.17, 15) is 14.0 Å². The van der Waals surface area contributed by atoms with Crippen molar-refractivity contribution >= 4 is 17.6 Å². The number of benzene rings is 1. The monoisotopic (exact) mass is 278 g/mol. The molecule has 7 nitrogen and oxygen atoms in total. The largest absolute Gasteiger partial charge is 0.478 e. The van der Waals surface area contributed by atoms with Gasteiger partial charge in [0.15, 0.2) is 0 Å². The Kier molecular flexibility index (Phi) is 3.74. The van der Waals surface area contributed by atoms with Crippen molar-refractivity contribution in [3.8, 4) is 0 Å². The molecule has 8 heteroatoms. The molecule has 0 unspecified atom stereocenters. The Morgan fingerprint density at radius 2 is 2.20 bits per heavy atom. The lowest BCUT2D eigenvalue weighted by atomic mass is 10.1. The quantitative estimate of drug-likeness (QED) is 0.784. The minimum absolute atomic E-state index is 0.0215. The number of aromatic amines is 1. The first-order valence-electron chi connectivity index (χ1n) is 5.76. The lowest BCUT2D eigenvalue weighted by Gasteiger charge is -2.06. The second-order valence-electron chi connectivity index (χ2n) is 3.91. The minimum Gasteiger partial charge on any atom is -0.478 e. The number of halogens is 1. The first-order chi connectivity index (χ1) is 9.51. The molecule has 3 N–H and O–H groups in total. The van der Waals surface area contributed by atoms with E-state index in [1.54, 1.807) is 0 Å². The van der Waals surface area contributed by atoms with Gasteiger partial charge < -0.3 is 10.4 Å². The molecule has 1 aromatic carbocycles. The van der Waals surface area contributed by atoms with Gasteiger partial charge in [0.05, 0.1) is 11.3 Å². The molecule has 0 saturated heterocycles. The molecule has 0 aliphatic carbocycles. The molecule has 1 heterocycles. The summed E-state index contributed by atoms with van der Waals surface area (Å²) in [6, 6.07) is 3.05. The van der Waals surface area contributed by atoms with Crippen LogP contribution >= 0.6 is 0 Å². The van der Waals surface area contributed by atoms with Crippen LogP contribution in [0.5, 0.6) is 0 Å². The van der Waals surface area contributed by atoms with E-state index in [4.69, 9.17) is 5.11 Å². The van der Waals surface area contributed by atoms with Gasteiger partial charge >= 0.3 is 5.97 Å². The number of carboxylic acids is 1. The van der Waals surface area contributed by atoms with Crippen LogP contribution in [0.25, 0.3) is 0 Å². The number of hydrogen-bond acceptors (Lipinski definition) is 4. The first-order valence-corrected chi connectivity index (χ1v) is 5.76. The molecule has 0 aliphatic rings. The third-order valence-electron chi connectivity index (χ3n) is 2.53. The third-order valence-corrected chi connectivity index (χ3v) is 2.53. The average Bonchev–Trinajstić information content (AvgIpc) is 2.89. The van der Waals surface area contributed by atoms with Crippen LogP contribution in [0.15, 0.2) is 18.2 Å². The van der Waals surface area contributed by atoms with Crippen LogP contribution < -0.4 is 5.32 Å². The summed E-state index contributed by atoms with van der Waals surface area (Å²) < 4.78 is 13.0. The molecular weight excluding hydrogens is 267 g/mol. The lowest BCUT2D eigenvalue weighted by Crippen LogP contribution is -2.16. The van der Waals surface area contributed by atoms with E-state index in [2.05, 4.69) is 20.5 Å². The summed E-state index contributed by atoms with van der Waals surface area (Å²) in [5.74, 6) is -2.29. The third kappa shape index (κ3) is 2.79. The number of rotatable bonds is 4. The van der Waals surface area contributed by atoms with Gasteiger partial charge in [-0.1, -0.05) is 6.92 Å². The van der Waals surface area contributed by atoms with Gasteiger partial charge in [0, 0.05) is 6.42 Å². The Bertz CT molecular complexity index is 668. The van der Waals surface area contributed by atoms with Gasteiger partial charge in [0.1, 0.15) is 11.6 Å². The molecule has 104 valence electrons. The van der Waals surface area contributed by atoms with Gasteiger partial charge in [-0.05, 0) is 18.2 Å². The molecule has 20 heavy (non-hydrogen) atoms. The molecule has 1 amide bonds. The van der Waals surface area contributed by atoms with E-state index in [-0.39, 0.29) is 17.1 Å². The summed E-state index contributed by atoms with van der Waals surface area (Å²) in [5.41, 5.74) is -0.364. The molecule has 2 rings (SSSR count). The summed E-state index contributed by atoms with van der Waals surface area (Å²) >= 11 is 0. The number of aromatic carboxylic acids is 1. The Balaban J connectivity index is 2.25.